The molecule has 0 atom stereocenters. The van der Waals surface area contributed by atoms with Crippen LogP contribution in [0.25, 0.3) is 0 Å². The minimum Gasteiger partial charge on any atom is -0.497 e. The van der Waals surface area contributed by atoms with Crippen molar-refractivity contribution in [2.24, 2.45) is 0 Å². The lowest BCUT2D eigenvalue weighted by atomic mass is 10.2. The van der Waals surface area contributed by atoms with E-state index in [2.05, 4.69) is 39.3 Å². The summed E-state index contributed by atoms with van der Waals surface area (Å²) >= 11 is 5.24. The van der Waals surface area contributed by atoms with Crippen molar-refractivity contribution in [1.82, 2.24) is 4.90 Å². The van der Waals surface area contributed by atoms with E-state index in [0.29, 0.717) is 0 Å². The number of thiophene rings is 1. The average Bonchev–Trinajstić information content (AvgIpc) is 2.73. The van der Waals surface area contributed by atoms with Crippen molar-refractivity contribution in [3.05, 3.63) is 44.6 Å². The minimum atomic E-state index is 0.738. The van der Waals surface area contributed by atoms with Crippen LogP contribution in [0.4, 0.5) is 5.69 Å². The molecule has 0 amide bonds. The normalized spacial score (nSPS) is 10.9. The maximum Gasteiger partial charge on any atom is 0.121 e. The fraction of sp³-hybridized carbons (Fsp3) is 0.286. The summed E-state index contributed by atoms with van der Waals surface area (Å²) in [6, 6.07) is 8.00. The molecule has 0 fully saturated rings. The molecule has 102 valence electrons. The minimum absolute atomic E-state index is 0.738. The fourth-order valence-electron chi connectivity index (χ4n) is 1.97. The van der Waals surface area contributed by atoms with Crippen LogP contribution in [0.15, 0.2) is 34.1 Å². The van der Waals surface area contributed by atoms with E-state index in [4.69, 9.17) is 10.5 Å². The molecule has 1 aromatic heterocycles. The van der Waals surface area contributed by atoms with E-state index in [-0.39, 0.29) is 0 Å². The Labute approximate surface area is 126 Å². The Hall–Kier alpha value is -1.04. The van der Waals surface area contributed by atoms with E-state index in [9.17, 15) is 0 Å². The first-order chi connectivity index (χ1) is 9.06. The number of nitrogens with zero attached hydrogens (tertiary/aromatic N) is 1. The molecular formula is C14H17BrN2OS. The zero-order valence-electron chi connectivity index (χ0n) is 11.0. The zero-order valence-corrected chi connectivity index (χ0v) is 13.4. The van der Waals surface area contributed by atoms with Gasteiger partial charge >= 0.3 is 0 Å². The second-order valence-electron chi connectivity index (χ2n) is 4.52. The lowest BCUT2D eigenvalue weighted by Gasteiger charge is -2.16. The van der Waals surface area contributed by atoms with Crippen molar-refractivity contribution < 1.29 is 4.74 Å². The molecule has 0 unspecified atom stereocenters. The zero-order chi connectivity index (χ0) is 13.8. The average molecular weight is 341 g/mol. The number of nitrogens with two attached hydrogens (primary N) is 1. The molecule has 0 saturated heterocycles. The van der Waals surface area contributed by atoms with Crippen LogP contribution < -0.4 is 10.5 Å². The van der Waals surface area contributed by atoms with Crippen molar-refractivity contribution in [3.8, 4) is 5.75 Å². The Balaban J connectivity index is 2.02. The molecule has 2 rings (SSSR count). The SMILES string of the molecule is COc1cc(N)cc(CN(C)Cc2cc(Br)cs2)c1. The fourth-order valence-corrected chi connectivity index (χ4v) is 3.50. The molecule has 0 radical (unpaired) electrons. The Kier molecular flexibility index (Phi) is 4.85. The third-order valence-electron chi connectivity index (χ3n) is 2.72. The molecule has 3 nitrogen and oxygen atoms in total. The van der Waals surface area contributed by atoms with E-state index in [1.807, 2.05) is 18.2 Å². The molecule has 19 heavy (non-hydrogen) atoms. The molecule has 5 heteroatoms. The van der Waals surface area contributed by atoms with E-state index in [0.717, 1.165) is 34.6 Å². The molecule has 1 heterocycles. The predicted octanol–water partition coefficient (Wildman–Crippen LogP) is 3.73. The van der Waals surface area contributed by atoms with E-state index in [1.165, 1.54) is 4.88 Å². The van der Waals surface area contributed by atoms with Gasteiger partial charge in [-0.25, -0.2) is 0 Å². The molecular weight excluding hydrogens is 324 g/mol. The highest BCUT2D eigenvalue weighted by atomic mass is 79.9. The maximum atomic E-state index is 5.86. The first kappa shape index (κ1) is 14.4. The summed E-state index contributed by atoms with van der Waals surface area (Å²) in [7, 11) is 3.76. The highest BCUT2D eigenvalue weighted by Gasteiger charge is 2.06. The van der Waals surface area contributed by atoms with Crippen molar-refractivity contribution in [1.29, 1.82) is 0 Å². The Morgan fingerprint density at radius 3 is 2.68 bits per heavy atom. The van der Waals surface area contributed by atoms with Crippen LogP contribution in [-0.4, -0.2) is 19.1 Å². The van der Waals surface area contributed by atoms with Crippen LogP contribution in [0.3, 0.4) is 0 Å². The summed E-state index contributed by atoms with van der Waals surface area (Å²) in [5.74, 6) is 0.808. The van der Waals surface area contributed by atoms with Crippen molar-refractivity contribution in [2.75, 3.05) is 19.9 Å². The summed E-state index contributed by atoms with van der Waals surface area (Å²) in [5.41, 5.74) is 7.76. The molecule has 0 aliphatic heterocycles. The van der Waals surface area contributed by atoms with Crippen LogP contribution in [0, 0.1) is 0 Å². The second-order valence-corrected chi connectivity index (χ2v) is 6.43. The maximum absolute atomic E-state index is 5.86. The smallest absolute Gasteiger partial charge is 0.121 e. The van der Waals surface area contributed by atoms with Gasteiger partial charge < -0.3 is 10.5 Å². The number of methoxy groups -OCH3 is 1. The van der Waals surface area contributed by atoms with Crippen LogP contribution in [0.1, 0.15) is 10.4 Å². The summed E-state index contributed by atoms with van der Waals surface area (Å²) in [4.78, 5) is 3.59. The Morgan fingerprint density at radius 1 is 1.26 bits per heavy atom. The number of ether oxygens (including phenoxy) is 1. The van der Waals surface area contributed by atoms with Gasteiger partial charge in [-0.1, -0.05) is 0 Å². The quantitative estimate of drug-likeness (QED) is 0.842. The number of halogens is 1. The molecule has 2 N–H and O–H groups in total. The van der Waals surface area contributed by atoms with Crippen molar-refractivity contribution in [2.45, 2.75) is 13.1 Å². The monoisotopic (exact) mass is 340 g/mol. The number of benzene rings is 1. The van der Waals surface area contributed by atoms with E-state index < -0.39 is 0 Å². The largest absolute Gasteiger partial charge is 0.497 e. The van der Waals surface area contributed by atoms with E-state index >= 15 is 0 Å². The van der Waals surface area contributed by atoms with Gasteiger partial charge in [0.1, 0.15) is 5.75 Å². The van der Waals surface area contributed by atoms with Gasteiger partial charge in [-0.3, -0.25) is 4.90 Å². The predicted molar refractivity (Wildman–Crippen MR) is 84.6 cm³/mol. The van der Waals surface area contributed by atoms with Gasteiger partial charge in [0.25, 0.3) is 0 Å². The molecule has 1 aromatic carbocycles. The molecule has 2 aromatic rings. The van der Waals surface area contributed by atoms with Gasteiger partial charge in [0.05, 0.1) is 7.11 Å². The third kappa shape index (κ3) is 4.23. The molecule has 0 saturated carbocycles. The molecule has 0 aliphatic rings. The van der Waals surface area contributed by atoms with Gasteiger partial charge in [0, 0.05) is 39.6 Å². The molecule has 0 spiro atoms. The lowest BCUT2D eigenvalue weighted by Crippen LogP contribution is -2.16. The van der Waals surface area contributed by atoms with Crippen molar-refractivity contribution >= 4 is 33.0 Å². The van der Waals surface area contributed by atoms with Gasteiger partial charge in [0.15, 0.2) is 0 Å². The van der Waals surface area contributed by atoms with Gasteiger partial charge in [0.2, 0.25) is 0 Å². The van der Waals surface area contributed by atoms with Crippen LogP contribution in [0.5, 0.6) is 5.75 Å². The van der Waals surface area contributed by atoms with Gasteiger partial charge in [-0.15, -0.1) is 11.3 Å². The topological polar surface area (TPSA) is 38.5 Å². The first-order valence-corrected chi connectivity index (χ1v) is 7.59. The summed E-state index contributed by atoms with van der Waals surface area (Å²) < 4.78 is 6.38. The number of hydrogen-bond acceptors (Lipinski definition) is 4. The first-order valence-electron chi connectivity index (χ1n) is 5.91. The van der Waals surface area contributed by atoms with Crippen LogP contribution in [-0.2, 0) is 13.1 Å². The highest BCUT2D eigenvalue weighted by Crippen LogP contribution is 2.23. The Bertz CT molecular complexity index is 556. The van der Waals surface area contributed by atoms with E-state index in [1.54, 1.807) is 18.4 Å². The number of rotatable bonds is 5. The lowest BCUT2D eigenvalue weighted by molar-refractivity contribution is 0.321. The van der Waals surface area contributed by atoms with Crippen molar-refractivity contribution in [3.63, 3.8) is 0 Å². The number of anilines is 1. The Morgan fingerprint density at radius 2 is 2.05 bits per heavy atom. The van der Waals surface area contributed by atoms with Gasteiger partial charge in [-0.2, -0.15) is 0 Å². The summed E-state index contributed by atoms with van der Waals surface area (Å²) in [6.45, 7) is 1.77. The third-order valence-corrected chi connectivity index (χ3v) is 4.41. The second kappa shape index (κ2) is 6.41. The molecule has 0 bridgehead atoms. The van der Waals surface area contributed by atoms with Crippen LogP contribution in [0.2, 0.25) is 0 Å². The van der Waals surface area contributed by atoms with Gasteiger partial charge in [-0.05, 0) is 46.7 Å². The number of nitrogen functional groups attached to an aromatic ring is 1. The number of hydrogen-bond donors (Lipinski definition) is 1. The summed E-state index contributed by atoms with van der Waals surface area (Å²) in [5, 5.41) is 2.10. The standard InChI is InChI=1S/C14H17BrN2OS/c1-17(8-14-5-11(15)9-19-14)7-10-3-12(16)6-13(4-10)18-2/h3-6,9H,7-8,16H2,1-2H3. The summed E-state index contributed by atoms with van der Waals surface area (Å²) in [6.07, 6.45) is 0. The highest BCUT2D eigenvalue weighted by molar-refractivity contribution is 9.10. The van der Waals surface area contributed by atoms with Crippen LogP contribution >= 0.6 is 27.3 Å². The molecule has 0 aliphatic carbocycles.